The van der Waals surface area contributed by atoms with Crippen LogP contribution in [0.2, 0.25) is 5.02 Å². The number of halogens is 1. The van der Waals surface area contributed by atoms with Gasteiger partial charge in [0.05, 0.1) is 19.2 Å². The fourth-order valence-electron chi connectivity index (χ4n) is 2.34. The Hall–Kier alpha value is -2.57. The number of benzene rings is 1. The Labute approximate surface area is 153 Å². The van der Waals surface area contributed by atoms with Gasteiger partial charge in [-0.25, -0.2) is 0 Å². The molecule has 0 saturated carbocycles. The fraction of sp³-hybridized carbons (Fsp3) is 0.111. The van der Waals surface area contributed by atoms with Crippen molar-refractivity contribution in [2.24, 2.45) is 0 Å². The number of methoxy groups -OCH3 is 1. The van der Waals surface area contributed by atoms with Crippen LogP contribution >= 0.6 is 22.9 Å². The van der Waals surface area contributed by atoms with E-state index in [-0.39, 0.29) is 10.9 Å². The minimum atomic E-state index is -0.424. The van der Waals surface area contributed by atoms with E-state index < -0.39 is 5.56 Å². The molecule has 5 nitrogen and oxygen atoms in total. The molecule has 0 aliphatic heterocycles. The van der Waals surface area contributed by atoms with Crippen molar-refractivity contribution in [1.29, 1.82) is 0 Å². The standard InChI is InChI=1S/C18H15ClN2O3S/c1-24-14-6-4-13(5-7-14)21(11-15-3-2-8-25-15)18(23)12-9-16(19)17(22)20-10-12/h2-10H,11H2,1H3,(H,20,22). The molecule has 25 heavy (non-hydrogen) atoms. The molecule has 1 amide bonds. The van der Waals surface area contributed by atoms with Crippen LogP contribution in [0.3, 0.4) is 0 Å². The normalized spacial score (nSPS) is 10.5. The highest BCUT2D eigenvalue weighted by molar-refractivity contribution is 7.09. The van der Waals surface area contributed by atoms with Gasteiger partial charge in [-0.3, -0.25) is 9.59 Å². The lowest BCUT2D eigenvalue weighted by Crippen LogP contribution is -2.30. The van der Waals surface area contributed by atoms with Crippen molar-refractivity contribution in [3.8, 4) is 5.75 Å². The molecule has 0 fully saturated rings. The number of aromatic amines is 1. The summed E-state index contributed by atoms with van der Waals surface area (Å²) in [7, 11) is 1.59. The molecule has 2 heterocycles. The van der Waals surface area contributed by atoms with E-state index in [1.54, 1.807) is 35.5 Å². The topological polar surface area (TPSA) is 62.4 Å². The molecular formula is C18H15ClN2O3S. The first-order valence-electron chi connectivity index (χ1n) is 7.45. The zero-order valence-corrected chi connectivity index (χ0v) is 14.9. The Morgan fingerprint density at radius 1 is 1.28 bits per heavy atom. The second-order valence-corrected chi connectivity index (χ2v) is 6.67. The molecule has 0 aliphatic carbocycles. The van der Waals surface area contributed by atoms with E-state index in [9.17, 15) is 9.59 Å². The summed E-state index contributed by atoms with van der Waals surface area (Å²) < 4.78 is 5.17. The van der Waals surface area contributed by atoms with Gasteiger partial charge in [0.1, 0.15) is 10.8 Å². The molecule has 0 saturated heterocycles. The number of nitrogens with zero attached hydrogens (tertiary/aromatic N) is 1. The second kappa shape index (κ2) is 7.55. The van der Waals surface area contributed by atoms with Gasteiger partial charge in [0.25, 0.3) is 11.5 Å². The fourth-order valence-corrected chi connectivity index (χ4v) is 3.20. The van der Waals surface area contributed by atoms with Crippen molar-refractivity contribution in [2.75, 3.05) is 12.0 Å². The van der Waals surface area contributed by atoms with E-state index in [4.69, 9.17) is 16.3 Å². The molecule has 7 heteroatoms. The van der Waals surface area contributed by atoms with Crippen molar-refractivity contribution in [3.63, 3.8) is 0 Å². The summed E-state index contributed by atoms with van der Waals surface area (Å²) in [6.07, 6.45) is 1.38. The van der Waals surface area contributed by atoms with E-state index >= 15 is 0 Å². The predicted octanol–water partition coefficient (Wildman–Crippen LogP) is 3.95. The summed E-state index contributed by atoms with van der Waals surface area (Å²) in [5.41, 5.74) is 0.617. The molecule has 0 bridgehead atoms. The SMILES string of the molecule is COc1ccc(N(Cc2cccs2)C(=O)c2c[nH]c(=O)c(Cl)c2)cc1. The number of carbonyl (C=O) groups excluding carboxylic acids is 1. The van der Waals surface area contributed by atoms with Gasteiger partial charge in [0.15, 0.2) is 0 Å². The zero-order valence-electron chi connectivity index (χ0n) is 13.4. The van der Waals surface area contributed by atoms with Crippen LogP contribution in [0.4, 0.5) is 5.69 Å². The highest BCUT2D eigenvalue weighted by Crippen LogP contribution is 2.24. The van der Waals surface area contributed by atoms with Gasteiger partial charge >= 0.3 is 0 Å². The number of ether oxygens (including phenoxy) is 1. The quantitative estimate of drug-likeness (QED) is 0.735. The van der Waals surface area contributed by atoms with E-state index in [2.05, 4.69) is 4.98 Å². The molecule has 0 radical (unpaired) electrons. The monoisotopic (exact) mass is 374 g/mol. The number of nitrogens with one attached hydrogen (secondary N) is 1. The Balaban J connectivity index is 1.98. The summed E-state index contributed by atoms with van der Waals surface area (Å²) in [5, 5.41) is 1.94. The summed E-state index contributed by atoms with van der Waals surface area (Å²) in [6, 6.07) is 12.5. The highest BCUT2D eigenvalue weighted by atomic mass is 35.5. The third kappa shape index (κ3) is 3.92. The van der Waals surface area contributed by atoms with Gasteiger partial charge in [-0.1, -0.05) is 17.7 Å². The van der Waals surface area contributed by atoms with Crippen molar-refractivity contribution in [1.82, 2.24) is 4.98 Å². The molecule has 0 aliphatic rings. The van der Waals surface area contributed by atoms with Crippen LogP contribution in [0.15, 0.2) is 58.8 Å². The van der Waals surface area contributed by atoms with E-state index in [1.165, 1.54) is 12.3 Å². The van der Waals surface area contributed by atoms with Gasteiger partial charge in [-0.15, -0.1) is 11.3 Å². The Kier molecular flexibility index (Phi) is 5.21. The van der Waals surface area contributed by atoms with E-state index in [0.717, 1.165) is 10.6 Å². The minimum absolute atomic E-state index is 0.0170. The van der Waals surface area contributed by atoms with Crippen LogP contribution in [-0.4, -0.2) is 18.0 Å². The molecule has 128 valence electrons. The number of hydrogen-bond donors (Lipinski definition) is 1. The Bertz CT molecular complexity index is 920. The molecule has 1 aromatic carbocycles. The smallest absolute Gasteiger partial charge is 0.266 e. The number of rotatable bonds is 5. The summed E-state index contributed by atoms with van der Waals surface area (Å²) in [5.74, 6) is 0.455. The van der Waals surface area contributed by atoms with Crippen molar-refractivity contribution >= 4 is 34.5 Å². The number of pyridine rings is 1. The van der Waals surface area contributed by atoms with Crippen LogP contribution in [0.25, 0.3) is 0 Å². The summed E-state index contributed by atoms with van der Waals surface area (Å²) in [4.78, 5) is 29.6. The highest BCUT2D eigenvalue weighted by Gasteiger charge is 2.20. The first kappa shape index (κ1) is 17.3. The third-order valence-corrected chi connectivity index (χ3v) is 4.77. The number of amides is 1. The molecule has 0 unspecified atom stereocenters. The van der Waals surface area contributed by atoms with Crippen LogP contribution < -0.4 is 15.2 Å². The van der Waals surface area contributed by atoms with Gasteiger partial charge in [-0.2, -0.15) is 0 Å². The molecular weight excluding hydrogens is 360 g/mol. The number of anilines is 1. The Morgan fingerprint density at radius 2 is 2.04 bits per heavy atom. The number of H-pyrrole nitrogens is 1. The second-order valence-electron chi connectivity index (χ2n) is 5.23. The molecule has 0 atom stereocenters. The minimum Gasteiger partial charge on any atom is -0.497 e. The van der Waals surface area contributed by atoms with Crippen molar-refractivity contribution in [2.45, 2.75) is 6.54 Å². The number of carbonyl (C=O) groups is 1. The maximum Gasteiger partial charge on any atom is 0.266 e. The average molecular weight is 375 g/mol. The number of aromatic nitrogens is 1. The summed E-state index contributed by atoms with van der Waals surface area (Å²) >= 11 is 7.43. The number of thiophene rings is 1. The van der Waals surface area contributed by atoms with E-state index in [1.807, 2.05) is 29.6 Å². The van der Waals surface area contributed by atoms with Crippen molar-refractivity contribution in [3.05, 3.63) is 79.9 Å². The molecule has 3 rings (SSSR count). The maximum atomic E-state index is 13.0. The molecule has 2 aromatic heterocycles. The predicted molar refractivity (Wildman–Crippen MR) is 99.9 cm³/mol. The zero-order chi connectivity index (χ0) is 17.8. The van der Waals surface area contributed by atoms with Crippen LogP contribution in [-0.2, 0) is 6.54 Å². The van der Waals surface area contributed by atoms with Gasteiger partial charge in [0, 0.05) is 16.8 Å². The van der Waals surface area contributed by atoms with E-state index in [0.29, 0.717) is 17.9 Å². The van der Waals surface area contributed by atoms with Crippen LogP contribution in [0, 0.1) is 0 Å². The molecule has 0 spiro atoms. The lowest BCUT2D eigenvalue weighted by Gasteiger charge is -2.22. The van der Waals surface area contributed by atoms with Gasteiger partial charge in [0.2, 0.25) is 0 Å². The maximum absolute atomic E-state index is 13.0. The Morgan fingerprint density at radius 3 is 2.64 bits per heavy atom. The summed E-state index contributed by atoms with van der Waals surface area (Å²) in [6.45, 7) is 0.416. The van der Waals surface area contributed by atoms with Crippen LogP contribution in [0.1, 0.15) is 15.2 Å². The van der Waals surface area contributed by atoms with Crippen LogP contribution in [0.5, 0.6) is 5.75 Å². The average Bonchev–Trinajstić information content (AvgIpc) is 3.15. The number of hydrogen-bond acceptors (Lipinski definition) is 4. The lowest BCUT2D eigenvalue weighted by molar-refractivity contribution is 0.0985. The largest absolute Gasteiger partial charge is 0.497 e. The first-order chi connectivity index (χ1) is 12.1. The van der Waals surface area contributed by atoms with Gasteiger partial charge in [-0.05, 0) is 41.8 Å². The molecule has 3 aromatic rings. The molecule has 1 N–H and O–H groups in total. The van der Waals surface area contributed by atoms with Gasteiger partial charge < -0.3 is 14.6 Å². The van der Waals surface area contributed by atoms with Crippen molar-refractivity contribution < 1.29 is 9.53 Å². The first-order valence-corrected chi connectivity index (χ1v) is 8.71. The third-order valence-electron chi connectivity index (χ3n) is 3.63. The lowest BCUT2D eigenvalue weighted by atomic mass is 10.2.